The molecule has 1 aliphatic carbocycles. The SMILES string of the molecule is C\C=C/C=C(\C=C\C)C(=O)O/N=C1\C=C(N(CC)CCS)C(=O)c2ccccc21. The number of allylic oxidation sites excluding steroid dienone is 6. The number of rotatable bonds is 8. The molecule has 0 unspecified atom stereocenters. The third kappa shape index (κ3) is 5.57. The first-order valence-electron chi connectivity index (χ1n) is 9.53. The summed E-state index contributed by atoms with van der Waals surface area (Å²) >= 11 is 4.28. The van der Waals surface area contributed by atoms with Crippen molar-refractivity contribution in [2.24, 2.45) is 5.16 Å². The van der Waals surface area contributed by atoms with Crippen molar-refractivity contribution in [3.8, 4) is 0 Å². The summed E-state index contributed by atoms with van der Waals surface area (Å²) in [5.74, 6) is -0.0258. The average molecular weight is 411 g/mol. The molecular weight excluding hydrogens is 384 g/mol. The molecule has 29 heavy (non-hydrogen) atoms. The predicted octanol–water partition coefficient (Wildman–Crippen LogP) is 4.34. The number of hydrogen-bond donors (Lipinski definition) is 1. The molecule has 152 valence electrons. The van der Waals surface area contributed by atoms with Crippen molar-refractivity contribution >= 4 is 30.1 Å². The van der Waals surface area contributed by atoms with Crippen LogP contribution >= 0.6 is 12.6 Å². The number of carbonyl (C=O) groups is 2. The van der Waals surface area contributed by atoms with E-state index in [2.05, 4.69) is 17.8 Å². The summed E-state index contributed by atoms with van der Waals surface area (Å²) in [6, 6.07) is 7.19. The first kappa shape index (κ1) is 22.4. The van der Waals surface area contributed by atoms with Crippen LogP contribution in [-0.2, 0) is 9.63 Å². The Hall–Kier alpha value is -2.86. The van der Waals surface area contributed by atoms with E-state index < -0.39 is 5.97 Å². The lowest BCUT2D eigenvalue weighted by atomic mass is 9.91. The molecule has 0 N–H and O–H groups in total. The molecule has 0 atom stereocenters. The van der Waals surface area contributed by atoms with Crippen molar-refractivity contribution in [2.75, 3.05) is 18.8 Å². The quantitative estimate of drug-likeness (QED) is 0.228. The standard InChI is InChI=1S/C23H26N2O3S/c1-4-7-11-17(10-5-2)23(27)28-24-20-16-21(25(6-3)14-15-29)22(26)19-13-9-8-12-18(19)20/h4-5,7-13,16,29H,6,14-15H2,1-3H3/b7-4-,10-5+,17-11+,24-20+. The minimum Gasteiger partial charge on any atom is -0.368 e. The summed E-state index contributed by atoms with van der Waals surface area (Å²) in [5, 5.41) is 4.09. The molecule has 0 amide bonds. The van der Waals surface area contributed by atoms with Crippen LogP contribution in [0, 0.1) is 0 Å². The summed E-state index contributed by atoms with van der Waals surface area (Å²) in [6.45, 7) is 6.95. The van der Waals surface area contributed by atoms with Gasteiger partial charge in [0.2, 0.25) is 5.78 Å². The van der Waals surface area contributed by atoms with Gasteiger partial charge in [0.15, 0.2) is 0 Å². The summed E-state index contributed by atoms with van der Waals surface area (Å²) in [7, 11) is 0. The van der Waals surface area contributed by atoms with Gasteiger partial charge >= 0.3 is 5.97 Å². The molecule has 1 aromatic carbocycles. The molecule has 0 radical (unpaired) electrons. The molecule has 6 heteroatoms. The minimum absolute atomic E-state index is 0.0721. The van der Waals surface area contributed by atoms with Gasteiger partial charge in [-0.1, -0.05) is 53.7 Å². The molecule has 1 aromatic rings. The predicted molar refractivity (Wildman–Crippen MR) is 120 cm³/mol. The Morgan fingerprint density at radius 3 is 2.55 bits per heavy atom. The van der Waals surface area contributed by atoms with Crippen LogP contribution in [0.3, 0.4) is 0 Å². The van der Waals surface area contributed by atoms with Crippen LogP contribution in [0.4, 0.5) is 0 Å². The number of carbonyl (C=O) groups excluding carboxylic acids is 2. The summed E-state index contributed by atoms with van der Waals surface area (Å²) in [6.07, 6.45) is 10.3. The second-order valence-electron chi connectivity index (χ2n) is 6.21. The second-order valence-corrected chi connectivity index (χ2v) is 6.66. The zero-order valence-electron chi connectivity index (χ0n) is 17.0. The molecule has 0 fully saturated rings. The largest absolute Gasteiger partial charge is 0.368 e. The van der Waals surface area contributed by atoms with E-state index in [9.17, 15) is 9.59 Å². The number of fused-ring (bicyclic) bond motifs is 1. The maximum atomic E-state index is 13.0. The Morgan fingerprint density at radius 1 is 1.21 bits per heavy atom. The van der Waals surface area contributed by atoms with Gasteiger partial charge in [-0.05, 0) is 32.9 Å². The lowest BCUT2D eigenvalue weighted by Crippen LogP contribution is -2.33. The van der Waals surface area contributed by atoms with E-state index in [1.165, 1.54) is 0 Å². The Bertz CT molecular complexity index is 910. The minimum atomic E-state index is -0.569. The van der Waals surface area contributed by atoms with Crippen LogP contribution in [0.15, 0.2) is 77.1 Å². The second kappa shape index (κ2) is 11.2. The fraction of sp³-hybridized carbons (Fsp3) is 0.261. The zero-order chi connectivity index (χ0) is 21.2. The topological polar surface area (TPSA) is 59.0 Å². The van der Waals surface area contributed by atoms with Gasteiger partial charge in [0.05, 0.1) is 11.3 Å². The highest BCUT2D eigenvalue weighted by Gasteiger charge is 2.27. The average Bonchev–Trinajstić information content (AvgIpc) is 2.74. The number of oxime groups is 1. The van der Waals surface area contributed by atoms with Crippen molar-refractivity contribution in [3.05, 3.63) is 83.1 Å². The van der Waals surface area contributed by atoms with Gasteiger partial charge in [-0.3, -0.25) is 4.79 Å². The van der Waals surface area contributed by atoms with Gasteiger partial charge in [-0.15, -0.1) is 0 Å². The van der Waals surface area contributed by atoms with Gasteiger partial charge in [-0.2, -0.15) is 12.6 Å². The smallest absolute Gasteiger partial charge is 0.365 e. The van der Waals surface area contributed by atoms with E-state index in [1.54, 1.807) is 42.5 Å². The molecule has 0 saturated carbocycles. The molecule has 0 spiro atoms. The van der Waals surface area contributed by atoms with Gasteiger partial charge in [0.1, 0.15) is 5.71 Å². The highest BCUT2D eigenvalue weighted by molar-refractivity contribution is 7.80. The number of nitrogens with zero attached hydrogens (tertiary/aromatic N) is 2. The lowest BCUT2D eigenvalue weighted by Gasteiger charge is -2.27. The van der Waals surface area contributed by atoms with Crippen molar-refractivity contribution in [1.82, 2.24) is 4.90 Å². The molecule has 0 aromatic heterocycles. The van der Waals surface area contributed by atoms with Crippen LogP contribution in [0.5, 0.6) is 0 Å². The maximum Gasteiger partial charge on any atom is 0.365 e. The van der Waals surface area contributed by atoms with Gasteiger partial charge in [-0.25, -0.2) is 4.79 Å². The zero-order valence-corrected chi connectivity index (χ0v) is 17.9. The monoisotopic (exact) mass is 410 g/mol. The molecule has 2 rings (SSSR count). The Labute approximate surface area is 177 Å². The Balaban J connectivity index is 2.43. The third-order valence-corrected chi connectivity index (χ3v) is 4.52. The van der Waals surface area contributed by atoms with Gasteiger partial charge < -0.3 is 9.74 Å². The van der Waals surface area contributed by atoms with E-state index in [-0.39, 0.29) is 5.78 Å². The van der Waals surface area contributed by atoms with Crippen molar-refractivity contribution < 1.29 is 14.4 Å². The number of benzene rings is 1. The van der Waals surface area contributed by atoms with Crippen LogP contribution in [0.1, 0.15) is 36.7 Å². The summed E-state index contributed by atoms with van der Waals surface area (Å²) in [5.41, 5.74) is 2.52. The summed E-state index contributed by atoms with van der Waals surface area (Å²) < 4.78 is 0. The lowest BCUT2D eigenvalue weighted by molar-refractivity contribution is -0.138. The van der Waals surface area contributed by atoms with E-state index in [0.29, 0.717) is 47.0 Å². The molecule has 5 nitrogen and oxygen atoms in total. The molecule has 1 aliphatic rings. The van der Waals surface area contributed by atoms with Crippen LogP contribution in [0.2, 0.25) is 0 Å². The molecule has 0 bridgehead atoms. The molecule has 0 aliphatic heterocycles. The Kier molecular flexibility index (Phi) is 8.68. The number of thiol groups is 1. The summed E-state index contributed by atoms with van der Waals surface area (Å²) in [4.78, 5) is 32.6. The van der Waals surface area contributed by atoms with Crippen molar-refractivity contribution in [1.29, 1.82) is 0 Å². The first-order valence-corrected chi connectivity index (χ1v) is 10.2. The van der Waals surface area contributed by atoms with E-state index in [0.717, 1.165) is 0 Å². The van der Waals surface area contributed by atoms with Gasteiger partial charge in [0, 0.05) is 30.0 Å². The molecule has 0 heterocycles. The number of hydrogen-bond acceptors (Lipinski definition) is 6. The highest BCUT2D eigenvalue weighted by Crippen LogP contribution is 2.24. The fourth-order valence-electron chi connectivity index (χ4n) is 2.91. The Morgan fingerprint density at radius 2 is 1.93 bits per heavy atom. The fourth-order valence-corrected chi connectivity index (χ4v) is 3.15. The normalized spacial score (nSPS) is 15.7. The number of Topliss-reactive ketones (excluding diaryl/α,β-unsaturated/α-hetero) is 1. The van der Waals surface area contributed by atoms with Crippen LogP contribution in [-0.4, -0.2) is 41.2 Å². The highest BCUT2D eigenvalue weighted by atomic mass is 32.1. The van der Waals surface area contributed by atoms with Crippen molar-refractivity contribution in [2.45, 2.75) is 20.8 Å². The third-order valence-electron chi connectivity index (χ3n) is 4.32. The molecular formula is C23H26N2O3S. The number of likely N-dealkylation sites (N-methyl/N-ethyl adjacent to an activating group) is 1. The first-order chi connectivity index (χ1) is 14.1. The van der Waals surface area contributed by atoms with Crippen LogP contribution < -0.4 is 0 Å². The van der Waals surface area contributed by atoms with Crippen molar-refractivity contribution in [3.63, 3.8) is 0 Å². The number of ketones is 1. The van der Waals surface area contributed by atoms with E-state index >= 15 is 0 Å². The van der Waals surface area contributed by atoms with Gasteiger partial charge in [0.25, 0.3) is 0 Å². The molecule has 0 saturated heterocycles. The van der Waals surface area contributed by atoms with E-state index in [1.807, 2.05) is 43.9 Å². The maximum absolute atomic E-state index is 13.0. The van der Waals surface area contributed by atoms with E-state index in [4.69, 9.17) is 4.84 Å². The van der Waals surface area contributed by atoms with Crippen LogP contribution in [0.25, 0.3) is 0 Å².